The van der Waals surface area contributed by atoms with Gasteiger partial charge in [-0.1, -0.05) is 121 Å². The van der Waals surface area contributed by atoms with Crippen LogP contribution in [0.4, 0.5) is 0 Å². The molecule has 1 nitrogen and oxygen atoms in total. The molecule has 1 heteroatoms. The van der Waals surface area contributed by atoms with Crippen LogP contribution in [0.15, 0.2) is 150 Å². The van der Waals surface area contributed by atoms with Crippen LogP contribution in [0.2, 0.25) is 0 Å². The molecule has 0 saturated heterocycles. The molecule has 2 aliphatic rings. The Kier molecular flexibility index (Phi) is 3.52. The zero-order valence-electron chi connectivity index (χ0n) is 28.8. The molecule has 8 rings (SSSR count). The van der Waals surface area contributed by atoms with Crippen molar-refractivity contribution < 1.29 is 15.4 Å². The van der Waals surface area contributed by atoms with Crippen molar-refractivity contribution in [3.8, 4) is 11.1 Å². The van der Waals surface area contributed by atoms with Crippen LogP contribution in [0.3, 0.4) is 0 Å². The molecule has 2 atom stereocenters. The highest BCUT2D eigenvalue weighted by Gasteiger charge is 2.31. The fourth-order valence-electron chi connectivity index (χ4n) is 5.94. The van der Waals surface area contributed by atoms with Crippen LogP contribution in [0.5, 0.6) is 0 Å². The average Bonchev–Trinajstić information content (AvgIpc) is 3.48. The maximum absolute atomic E-state index is 9.20. The van der Waals surface area contributed by atoms with Gasteiger partial charge in [0, 0.05) is 22.6 Å². The van der Waals surface area contributed by atoms with E-state index in [1.807, 2.05) is 91.0 Å². The largest absolute Gasteiger partial charge is 0.456 e. The number of furan rings is 1. The molecule has 0 fully saturated rings. The van der Waals surface area contributed by atoms with Gasteiger partial charge in [0.05, 0.1) is 11.0 Å². The molecule has 1 aromatic heterocycles. The zero-order valence-corrected chi connectivity index (χ0v) is 20.8. The number of rotatable bonds is 3. The first-order valence-corrected chi connectivity index (χ1v) is 12.9. The van der Waals surface area contributed by atoms with Crippen molar-refractivity contribution in [3.63, 3.8) is 0 Å². The Labute approximate surface area is 238 Å². The second-order valence-electron chi connectivity index (χ2n) is 9.83. The molecule has 5 aromatic carbocycles. The van der Waals surface area contributed by atoms with E-state index in [4.69, 9.17) is 14.0 Å². The molecule has 39 heavy (non-hydrogen) atoms. The van der Waals surface area contributed by atoms with Crippen LogP contribution in [0.1, 0.15) is 22.1 Å². The molecule has 0 aliphatic heterocycles. The van der Waals surface area contributed by atoms with Crippen molar-refractivity contribution in [1.29, 1.82) is 0 Å². The fraction of sp³-hybridized carbons (Fsp3) is 0.0526. The van der Waals surface area contributed by atoms with Gasteiger partial charge < -0.3 is 4.42 Å². The highest BCUT2D eigenvalue weighted by atomic mass is 16.3. The van der Waals surface area contributed by atoms with Crippen LogP contribution >= 0.6 is 0 Å². The quantitative estimate of drug-likeness (QED) is 0.237. The summed E-state index contributed by atoms with van der Waals surface area (Å²) in [5.74, 6) is -1.84. The van der Waals surface area contributed by atoms with E-state index in [1.54, 1.807) is 0 Å². The van der Waals surface area contributed by atoms with E-state index in [0.29, 0.717) is 22.3 Å². The number of benzene rings is 5. The summed E-state index contributed by atoms with van der Waals surface area (Å²) in [6.45, 7) is 0. The second-order valence-corrected chi connectivity index (χ2v) is 9.83. The molecule has 0 radical (unpaired) electrons. The number of allylic oxidation sites excluding steroid dienone is 4. The maximum Gasteiger partial charge on any atom is 0.135 e. The Morgan fingerprint density at radius 2 is 1.13 bits per heavy atom. The third-order valence-electron chi connectivity index (χ3n) is 7.67. The standard InChI is InChI=1S/C38H26O/c1-2-11-25(12-3-1)37-30-16-4-6-18-32(30)38(33-19-7-5-17-31(33)37)28-14-10-13-26(23-28)27-21-22-36-34(24-27)29-15-8-9-20-35(29)39-36/h1-24,30,32H/i4D,5D,6D,7D,16D,17D,18D,19D. The van der Waals surface area contributed by atoms with Gasteiger partial charge >= 0.3 is 0 Å². The normalized spacial score (nSPS) is 21.8. The second kappa shape index (κ2) is 8.85. The molecule has 0 amide bonds. The van der Waals surface area contributed by atoms with Gasteiger partial charge in [-0.3, -0.25) is 0 Å². The molecule has 184 valence electrons. The monoisotopic (exact) mass is 506 g/mol. The number of hydrogen-bond donors (Lipinski definition) is 0. The van der Waals surface area contributed by atoms with Crippen molar-refractivity contribution >= 4 is 33.1 Å². The average molecular weight is 507 g/mol. The highest BCUT2D eigenvalue weighted by molar-refractivity contribution is 6.06. The summed E-state index contributed by atoms with van der Waals surface area (Å²) in [5, 5.41) is 2.47. The zero-order chi connectivity index (χ0) is 32.7. The van der Waals surface area contributed by atoms with Crippen LogP contribution in [0, 0.1) is 11.8 Å². The van der Waals surface area contributed by atoms with Gasteiger partial charge in [0.2, 0.25) is 0 Å². The molecule has 2 aliphatic carbocycles. The Balaban J connectivity index is 1.49. The first-order chi connectivity index (χ1) is 22.7. The summed E-state index contributed by atoms with van der Waals surface area (Å²) in [7, 11) is 0. The van der Waals surface area contributed by atoms with Gasteiger partial charge in [-0.05, 0) is 68.1 Å². The third kappa shape index (κ3) is 3.55. The molecular formula is C38H26O. The summed E-state index contributed by atoms with van der Waals surface area (Å²) in [5.41, 5.74) is 5.47. The lowest BCUT2D eigenvalue weighted by atomic mass is 9.70. The fourth-order valence-corrected chi connectivity index (χ4v) is 5.94. The molecule has 6 aromatic rings. The molecular weight excluding hydrogens is 472 g/mol. The minimum Gasteiger partial charge on any atom is -0.456 e. The van der Waals surface area contributed by atoms with Gasteiger partial charge in [-0.15, -0.1) is 0 Å². The predicted octanol–water partition coefficient (Wildman–Crippen LogP) is 8.02. The maximum atomic E-state index is 9.20. The topological polar surface area (TPSA) is 13.1 Å². The summed E-state index contributed by atoms with van der Waals surface area (Å²) in [4.78, 5) is 0. The SMILES string of the molecule is [2H]C1=C([2H])C2C(c3ccccc3)=c3c([2H])c([2H])c([2H])c([2H])c3=C(c3cccc(-c4ccc5oc6ccccc6c5c4)c3)C2C([2H])=C1[2H]. The van der Waals surface area contributed by atoms with Crippen molar-refractivity contribution in [2.45, 2.75) is 0 Å². The smallest absolute Gasteiger partial charge is 0.135 e. The van der Waals surface area contributed by atoms with E-state index in [1.165, 1.54) is 0 Å². The molecule has 0 bridgehead atoms. The van der Waals surface area contributed by atoms with Gasteiger partial charge in [-0.25, -0.2) is 0 Å². The summed E-state index contributed by atoms with van der Waals surface area (Å²) < 4.78 is 77.2. The lowest BCUT2D eigenvalue weighted by Crippen LogP contribution is -2.40. The highest BCUT2D eigenvalue weighted by Crippen LogP contribution is 2.41. The van der Waals surface area contributed by atoms with Crippen molar-refractivity contribution in [3.05, 3.63) is 167 Å². The van der Waals surface area contributed by atoms with Crippen molar-refractivity contribution in [1.82, 2.24) is 0 Å². The number of hydrogen-bond acceptors (Lipinski definition) is 1. The van der Waals surface area contributed by atoms with E-state index >= 15 is 0 Å². The summed E-state index contributed by atoms with van der Waals surface area (Å²) in [6.07, 6.45) is 0. The van der Waals surface area contributed by atoms with Gasteiger partial charge in [0.1, 0.15) is 11.2 Å². The molecule has 0 N–H and O–H groups in total. The van der Waals surface area contributed by atoms with Gasteiger partial charge in [0.25, 0.3) is 0 Å². The lowest BCUT2D eigenvalue weighted by molar-refractivity contribution is 0.669. The Morgan fingerprint density at radius 1 is 0.513 bits per heavy atom. The van der Waals surface area contributed by atoms with Crippen molar-refractivity contribution in [2.24, 2.45) is 11.8 Å². The number of fused-ring (bicyclic) bond motifs is 5. The van der Waals surface area contributed by atoms with Crippen molar-refractivity contribution in [2.75, 3.05) is 0 Å². The third-order valence-corrected chi connectivity index (χ3v) is 7.67. The predicted molar refractivity (Wildman–Crippen MR) is 162 cm³/mol. The molecule has 2 unspecified atom stereocenters. The molecule has 0 saturated carbocycles. The minimum absolute atomic E-state index is 0.154. The van der Waals surface area contributed by atoms with Crippen LogP contribution in [0.25, 0.3) is 44.2 Å². The molecule has 1 heterocycles. The van der Waals surface area contributed by atoms with Crippen LogP contribution < -0.4 is 10.4 Å². The van der Waals surface area contributed by atoms with Crippen LogP contribution in [-0.2, 0) is 0 Å². The van der Waals surface area contributed by atoms with E-state index < -0.39 is 23.9 Å². The van der Waals surface area contributed by atoms with E-state index in [2.05, 4.69) is 6.07 Å². The van der Waals surface area contributed by atoms with E-state index in [0.717, 1.165) is 33.1 Å². The van der Waals surface area contributed by atoms with E-state index in [-0.39, 0.29) is 46.7 Å². The summed E-state index contributed by atoms with van der Waals surface area (Å²) >= 11 is 0. The summed E-state index contributed by atoms with van der Waals surface area (Å²) in [6, 6.07) is 28.2. The van der Waals surface area contributed by atoms with Gasteiger partial charge in [0.15, 0.2) is 0 Å². The number of para-hydroxylation sites is 1. The molecule has 0 spiro atoms. The first-order valence-electron chi connectivity index (χ1n) is 16.9. The Bertz CT molecular complexity index is 2510. The van der Waals surface area contributed by atoms with E-state index in [9.17, 15) is 1.37 Å². The van der Waals surface area contributed by atoms with Crippen LogP contribution in [-0.4, -0.2) is 0 Å². The first kappa shape index (κ1) is 15.5. The Morgan fingerprint density at radius 3 is 1.92 bits per heavy atom. The lowest BCUT2D eigenvalue weighted by Gasteiger charge is -2.33. The van der Waals surface area contributed by atoms with Gasteiger partial charge in [-0.2, -0.15) is 0 Å². The Hall–Kier alpha value is -4.88. The minimum atomic E-state index is -0.929.